The topological polar surface area (TPSA) is 99.0 Å². The first-order valence-corrected chi connectivity index (χ1v) is 7.64. The lowest BCUT2D eigenvalue weighted by Gasteiger charge is -2.09. The summed E-state index contributed by atoms with van der Waals surface area (Å²) in [6.07, 6.45) is -2.67. The van der Waals surface area contributed by atoms with E-state index in [9.17, 15) is 22.8 Å². The molecular weight excluding hydrogens is 379 g/mol. The number of alkyl halides is 3. The number of aromatic nitrogens is 4. The third-order valence-electron chi connectivity index (χ3n) is 3.00. The van der Waals surface area contributed by atoms with Crippen LogP contribution >= 0.6 is 11.6 Å². The van der Waals surface area contributed by atoms with Gasteiger partial charge in [-0.05, 0) is 13.0 Å². The minimum atomic E-state index is -4.61. The lowest BCUT2D eigenvalue weighted by atomic mass is 10.2. The molecule has 2 aromatic rings. The minimum Gasteiger partial charge on any atom is -0.465 e. The number of halogens is 4. The average molecular weight is 392 g/mol. The third-order valence-corrected chi connectivity index (χ3v) is 3.28. The van der Waals surface area contributed by atoms with E-state index in [0.29, 0.717) is 18.0 Å². The molecule has 0 unspecified atom stereocenters. The Labute approximate surface area is 150 Å². The molecule has 2 aromatic heterocycles. The summed E-state index contributed by atoms with van der Waals surface area (Å²) in [6, 6.07) is 0.624. The van der Waals surface area contributed by atoms with Crippen LogP contribution in [-0.2, 0) is 28.8 Å². The molecule has 0 aromatic carbocycles. The fraction of sp³-hybridized carbons (Fsp3) is 0.357. The van der Waals surface area contributed by atoms with Gasteiger partial charge in [-0.3, -0.25) is 9.59 Å². The molecule has 0 bridgehead atoms. The number of esters is 1. The Morgan fingerprint density at radius 2 is 2.12 bits per heavy atom. The van der Waals surface area contributed by atoms with Crippen LogP contribution in [0.5, 0.6) is 0 Å². The highest BCUT2D eigenvalue weighted by molar-refractivity contribution is 6.33. The largest absolute Gasteiger partial charge is 0.465 e. The predicted octanol–water partition coefficient (Wildman–Crippen LogP) is 1.84. The van der Waals surface area contributed by atoms with Gasteiger partial charge in [0.15, 0.2) is 0 Å². The molecule has 0 radical (unpaired) electrons. The Bertz CT molecular complexity index is 809. The first kappa shape index (κ1) is 19.6. The van der Waals surface area contributed by atoms with Gasteiger partial charge in [-0.25, -0.2) is 9.67 Å². The molecule has 8 nitrogen and oxygen atoms in total. The van der Waals surface area contributed by atoms with Gasteiger partial charge >= 0.3 is 12.1 Å². The number of rotatable bonds is 6. The van der Waals surface area contributed by atoms with Gasteiger partial charge in [-0.15, -0.1) is 5.10 Å². The van der Waals surface area contributed by atoms with Crippen molar-refractivity contribution in [2.75, 3.05) is 6.61 Å². The Kier molecular flexibility index (Phi) is 6.14. The van der Waals surface area contributed by atoms with Crippen LogP contribution in [0.4, 0.5) is 13.2 Å². The molecule has 0 saturated heterocycles. The van der Waals surface area contributed by atoms with E-state index in [0.717, 1.165) is 0 Å². The number of hydrogen-bond acceptors (Lipinski definition) is 6. The summed E-state index contributed by atoms with van der Waals surface area (Å²) in [4.78, 5) is 26.8. The Hall–Kier alpha value is -2.69. The molecule has 2 rings (SSSR count). The molecule has 0 atom stereocenters. The molecular formula is C14H13ClF3N5O3. The van der Waals surface area contributed by atoms with Gasteiger partial charge < -0.3 is 10.1 Å². The minimum absolute atomic E-state index is 0.0826. The number of nitrogens with one attached hydrogen (secondary N) is 1. The molecule has 140 valence electrons. The molecule has 1 amide bonds. The summed E-state index contributed by atoms with van der Waals surface area (Å²) in [5.41, 5.74) is -1.08. The van der Waals surface area contributed by atoms with Crippen molar-refractivity contribution in [3.05, 3.63) is 40.4 Å². The summed E-state index contributed by atoms with van der Waals surface area (Å²) in [6.45, 7) is 1.68. The van der Waals surface area contributed by atoms with Crippen LogP contribution in [0.15, 0.2) is 18.5 Å². The third kappa shape index (κ3) is 5.15. The summed E-state index contributed by atoms with van der Waals surface area (Å²) in [5.74, 6) is -1.27. The van der Waals surface area contributed by atoms with Crippen LogP contribution in [0, 0.1) is 0 Å². The Morgan fingerprint density at radius 3 is 2.73 bits per heavy atom. The second kappa shape index (κ2) is 8.13. The molecule has 26 heavy (non-hydrogen) atoms. The second-order valence-corrected chi connectivity index (χ2v) is 5.35. The van der Waals surface area contributed by atoms with E-state index in [1.165, 1.54) is 10.9 Å². The highest BCUT2D eigenvalue weighted by atomic mass is 35.5. The normalized spacial score (nSPS) is 11.3. The average Bonchev–Trinajstić information content (AvgIpc) is 2.99. The quantitative estimate of drug-likeness (QED) is 0.754. The molecule has 0 fully saturated rings. The van der Waals surface area contributed by atoms with Crippen molar-refractivity contribution >= 4 is 23.5 Å². The first-order valence-electron chi connectivity index (χ1n) is 7.26. The number of nitrogens with zero attached hydrogens (tertiary/aromatic N) is 4. The highest BCUT2D eigenvalue weighted by Gasteiger charge is 2.32. The second-order valence-electron chi connectivity index (χ2n) is 4.95. The molecule has 2 heterocycles. The molecule has 0 aliphatic carbocycles. The first-order chi connectivity index (χ1) is 12.2. The molecule has 0 aliphatic heterocycles. The van der Waals surface area contributed by atoms with Gasteiger partial charge in [0.1, 0.15) is 17.9 Å². The summed E-state index contributed by atoms with van der Waals surface area (Å²) >= 11 is 5.70. The van der Waals surface area contributed by atoms with E-state index >= 15 is 0 Å². The fourth-order valence-electron chi connectivity index (χ4n) is 1.85. The van der Waals surface area contributed by atoms with E-state index in [1.54, 1.807) is 6.92 Å². The van der Waals surface area contributed by atoms with E-state index < -0.39 is 28.6 Å². The zero-order valence-corrected chi connectivity index (χ0v) is 14.1. The van der Waals surface area contributed by atoms with E-state index in [2.05, 4.69) is 20.6 Å². The highest BCUT2D eigenvalue weighted by Crippen LogP contribution is 2.30. The van der Waals surface area contributed by atoms with Crippen molar-refractivity contribution in [2.45, 2.75) is 26.2 Å². The lowest BCUT2D eigenvalue weighted by molar-refractivity contribution is -0.144. The maximum Gasteiger partial charge on any atom is 0.417 e. The van der Waals surface area contributed by atoms with Crippen LogP contribution < -0.4 is 5.32 Å². The number of amides is 1. The molecule has 0 saturated carbocycles. The number of pyridine rings is 1. The summed E-state index contributed by atoms with van der Waals surface area (Å²) in [7, 11) is 0. The Morgan fingerprint density at radius 1 is 1.38 bits per heavy atom. The van der Waals surface area contributed by atoms with Crippen molar-refractivity contribution in [3.63, 3.8) is 0 Å². The van der Waals surface area contributed by atoms with Gasteiger partial charge in [-0.1, -0.05) is 16.8 Å². The van der Waals surface area contributed by atoms with Gasteiger partial charge in [-0.2, -0.15) is 13.2 Å². The lowest BCUT2D eigenvalue weighted by Crippen LogP contribution is -2.24. The van der Waals surface area contributed by atoms with Crippen LogP contribution in [0.1, 0.15) is 28.7 Å². The van der Waals surface area contributed by atoms with Crippen LogP contribution in [0.25, 0.3) is 0 Å². The zero-order chi connectivity index (χ0) is 19.3. The summed E-state index contributed by atoms with van der Waals surface area (Å²) < 4.78 is 43.7. The molecule has 0 spiro atoms. The smallest absolute Gasteiger partial charge is 0.417 e. The number of hydrogen-bond donors (Lipinski definition) is 1. The molecule has 0 aliphatic rings. The maximum absolute atomic E-state index is 12.6. The van der Waals surface area contributed by atoms with Crippen molar-refractivity contribution < 1.29 is 27.5 Å². The standard InChI is InChI=1S/C14H13ClF3N5O3/c1-2-26-11(24)7-23-6-9(21-22-23)5-20-13(25)12-10(15)3-8(4-19-12)14(16,17)18/h3-4,6H,2,5,7H2,1H3,(H,20,25). The maximum atomic E-state index is 12.6. The van der Waals surface area contributed by atoms with Crippen molar-refractivity contribution in [3.8, 4) is 0 Å². The summed E-state index contributed by atoms with van der Waals surface area (Å²) in [5, 5.41) is 9.42. The number of ether oxygens (including phenoxy) is 1. The van der Waals surface area contributed by atoms with Crippen LogP contribution in [0.3, 0.4) is 0 Å². The zero-order valence-electron chi connectivity index (χ0n) is 13.4. The molecule has 1 N–H and O–H groups in total. The Balaban J connectivity index is 1.97. The van der Waals surface area contributed by atoms with Crippen LogP contribution in [-0.4, -0.2) is 38.5 Å². The van der Waals surface area contributed by atoms with E-state index in [4.69, 9.17) is 16.3 Å². The van der Waals surface area contributed by atoms with Crippen molar-refractivity contribution in [2.24, 2.45) is 0 Å². The SMILES string of the molecule is CCOC(=O)Cn1cc(CNC(=O)c2ncc(C(F)(F)F)cc2Cl)nn1. The van der Waals surface area contributed by atoms with Crippen LogP contribution in [0.2, 0.25) is 5.02 Å². The van der Waals surface area contributed by atoms with E-state index in [-0.39, 0.29) is 25.4 Å². The van der Waals surface area contributed by atoms with Gasteiger partial charge in [0.05, 0.1) is 29.9 Å². The predicted molar refractivity (Wildman–Crippen MR) is 82.1 cm³/mol. The van der Waals surface area contributed by atoms with E-state index in [1.807, 2.05) is 0 Å². The van der Waals surface area contributed by atoms with Gasteiger partial charge in [0.2, 0.25) is 0 Å². The van der Waals surface area contributed by atoms with Gasteiger partial charge in [0.25, 0.3) is 5.91 Å². The van der Waals surface area contributed by atoms with Crippen molar-refractivity contribution in [1.82, 2.24) is 25.3 Å². The van der Waals surface area contributed by atoms with Crippen molar-refractivity contribution in [1.29, 1.82) is 0 Å². The van der Waals surface area contributed by atoms with Gasteiger partial charge in [0, 0.05) is 6.20 Å². The molecule has 12 heteroatoms. The number of carbonyl (C=O) groups excluding carboxylic acids is 2. The number of carbonyl (C=O) groups is 2. The monoisotopic (exact) mass is 391 g/mol. The fourth-order valence-corrected chi connectivity index (χ4v) is 2.10.